The van der Waals surface area contributed by atoms with Gasteiger partial charge in [-0.15, -0.1) is 0 Å². The summed E-state index contributed by atoms with van der Waals surface area (Å²) in [4.78, 5) is 12.1. The Morgan fingerprint density at radius 3 is 2.36 bits per heavy atom. The molecular formula is C14H8Br2F3NO2. The molecule has 0 aromatic heterocycles. The molecule has 2 rings (SSSR count). The minimum absolute atomic E-state index is 0.0360. The lowest BCUT2D eigenvalue weighted by molar-refractivity contribution is -0.137. The second kappa shape index (κ2) is 6.29. The van der Waals surface area contributed by atoms with E-state index < -0.39 is 17.6 Å². The van der Waals surface area contributed by atoms with Crippen molar-refractivity contribution in [2.75, 3.05) is 5.32 Å². The van der Waals surface area contributed by atoms with Crippen LogP contribution in [0.15, 0.2) is 45.3 Å². The van der Waals surface area contributed by atoms with E-state index in [1.165, 1.54) is 24.3 Å². The van der Waals surface area contributed by atoms with Crippen molar-refractivity contribution in [2.24, 2.45) is 0 Å². The van der Waals surface area contributed by atoms with Gasteiger partial charge in [0.15, 0.2) is 0 Å². The Bertz CT molecular complexity index is 733. The van der Waals surface area contributed by atoms with Crippen LogP contribution >= 0.6 is 31.9 Å². The van der Waals surface area contributed by atoms with Gasteiger partial charge in [-0.3, -0.25) is 4.79 Å². The molecule has 3 nitrogen and oxygen atoms in total. The van der Waals surface area contributed by atoms with Gasteiger partial charge in [-0.1, -0.05) is 31.9 Å². The fraction of sp³-hybridized carbons (Fsp3) is 0.0714. The number of carbonyl (C=O) groups excluding carboxylic acids is 1. The Kier molecular flexibility index (Phi) is 4.81. The third kappa shape index (κ3) is 4.01. The number of hydrogen-bond donors (Lipinski definition) is 2. The molecule has 0 aliphatic rings. The van der Waals surface area contributed by atoms with Crippen molar-refractivity contribution in [1.29, 1.82) is 0 Å². The van der Waals surface area contributed by atoms with E-state index in [1.807, 2.05) is 0 Å². The highest BCUT2D eigenvalue weighted by Gasteiger charge is 2.31. The largest absolute Gasteiger partial charge is 0.507 e. The molecule has 2 aromatic rings. The maximum Gasteiger partial charge on any atom is 0.416 e. The Balaban J connectivity index is 2.32. The number of rotatable bonds is 2. The van der Waals surface area contributed by atoms with Crippen molar-refractivity contribution in [3.05, 3.63) is 56.5 Å². The maximum atomic E-state index is 12.7. The van der Waals surface area contributed by atoms with Gasteiger partial charge in [0.2, 0.25) is 0 Å². The van der Waals surface area contributed by atoms with Gasteiger partial charge in [-0.25, -0.2) is 0 Å². The number of amides is 1. The smallest absolute Gasteiger partial charge is 0.416 e. The standard InChI is InChI=1S/C14H8Br2F3NO2/c15-8-1-2-12(21)11(6-8)13(22)20-10-4-7(14(17,18)19)3-9(16)5-10/h1-6,21H,(H,20,22). The van der Waals surface area contributed by atoms with Crippen LogP contribution in [0.2, 0.25) is 0 Å². The van der Waals surface area contributed by atoms with Crippen LogP contribution in [0, 0.1) is 0 Å². The Morgan fingerprint density at radius 1 is 1.05 bits per heavy atom. The summed E-state index contributed by atoms with van der Waals surface area (Å²) in [6.07, 6.45) is -4.53. The average molecular weight is 439 g/mol. The first kappa shape index (κ1) is 16.8. The van der Waals surface area contributed by atoms with Crippen LogP contribution in [0.1, 0.15) is 15.9 Å². The predicted octanol–water partition coefficient (Wildman–Crippen LogP) is 5.19. The van der Waals surface area contributed by atoms with E-state index in [4.69, 9.17) is 0 Å². The molecule has 0 aliphatic heterocycles. The van der Waals surface area contributed by atoms with E-state index in [0.717, 1.165) is 12.1 Å². The van der Waals surface area contributed by atoms with Crippen LogP contribution < -0.4 is 5.32 Å². The molecule has 0 unspecified atom stereocenters. The van der Waals surface area contributed by atoms with Gasteiger partial charge in [0.05, 0.1) is 11.1 Å². The van der Waals surface area contributed by atoms with Crippen LogP contribution in [0.5, 0.6) is 5.75 Å². The number of carbonyl (C=O) groups is 1. The first-order chi connectivity index (χ1) is 10.2. The quantitative estimate of drug-likeness (QED) is 0.677. The lowest BCUT2D eigenvalue weighted by Gasteiger charge is -2.12. The molecule has 116 valence electrons. The van der Waals surface area contributed by atoms with E-state index in [-0.39, 0.29) is 21.5 Å². The zero-order valence-corrected chi connectivity index (χ0v) is 13.9. The molecule has 1 amide bonds. The van der Waals surface area contributed by atoms with Gasteiger partial charge >= 0.3 is 6.18 Å². The summed E-state index contributed by atoms with van der Waals surface area (Å²) in [6, 6.07) is 7.27. The number of anilines is 1. The molecule has 0 saturated carbocycles. The number of aromatic hydroxyl groups is 1. The number of alkyl halides is 3. The van der Waals surface area contributed by atoms with Crippen LogP contribution in [0.25, 0.3) is 0 Å². The van der Waals surface area contributed by atoms with Crippen molar-refractivity contribution < 1.29 is 23.1 Å². The Labute approximate surface area is 140 Å². The highest BCUT2D eigenvalue weighted by molar-refractivity contribution is 9.10. The summed E-state index contributed by atoms with van der Waals surface area (Å²) in [5.41, 5.74) is -0.982. The van der Waals surface area contributed by atoms with Gasteiger partial charge in [-0.05, 0) is 36.4 Å². The first-order valence-corrected chi connectivity index (χ1v) is 7.43. The zero-order chi connectivity index (χ0) is 16.5. The first-order valence-electron chi connectivity index (χ1n) is 5.84. The van der Waals surface area contributed by atoms with Crippen LogP contribution in [-0.4, -0.2) is 11.0 Å². The number of benzene rings is 2. The minimum atomic E-state index is -4.53. The fourth-order valence-corrected chi connectivity index (χ4v) is 2.57. The maximum absolute atomic E-state index is 12.7. The van der Waals surface area contributed by atoms with Crippen LogP contribution in [0.3, 0.4) is 0 Å². The minimum Gasteiger partial charge on any atom is -0.507 e. The van der Waals surface area contributed by atoms with E-state index in [1.54, 1.807) is 0 Å². The fourth-order valence-electron chi connectivity index (χ4n) is 1.71. The molecular weight excluding hydrogens is 431 g/mol. The van der Waals surface area contributed by atoms with Crippen molar-refractivity contribution in [3.63, 3.8) is 0 Å². The molecule has 0 aliphatic carbocycles. The van der Waals surface area contributed by atoms with Gasteiger partial charge in [-0.2, -0.15) is 13.2 Å². The molecule has 0 radical (unpaired) electrons. The molecule has 0 saturated heterocycles. The van der Waals surface area contributed by atoms with Crippen molar-refractivity contribution in [2.45, 2.75) is 6.18 Å². The van der Waals surface area contributed by atoms with Gasteiger partial charge < -0.3 is 10.4 Å². The summed E-state index contributed by atoms with van der Waals surface area (Å²) in [7, 11) is 0. The second-order valence-corrected chi connectivity index (χ2v) is 6.17. The molecule has 2 aromatic carbocycles. The topological polar surface area (TPSA) is 49.3 Å². The van der Waals surface area contributed by atoms with Crippen LogP contribution in [-0.2, 0) is 6.18 Å². The molecule has 8 heteroatoms. The van der Waals surface area contributed by atoms with Gasteiger partial charge in [0.25, 0.3) is 5.91 Å². The summed E-state index contributed by atoms with van der Waals surface area (Å²) in [5.74, 6) is -0.989. The number of phenols is 1. The van der Waals surface area contributed by atoms with Crippen molar-refractivity contribution >= 4 is 43.5 Å². The molecule has 22 heavy (non-hydrogen) atoms. The number of halogens is 5. The lowest BCUT2D eigenvalue weighted by Crippen LogP contribution is -2.13. The summed E-state index contributed by atoms with van der Waals surface area (Å²) in [6.45, 7) is 0. The highest BCUT2D eigenvalue weighted by atomic mass is 79.9. The number of phenolic OH excluding ortho intramolecular Hbond substituents is 1. The molecule has 0 spiro atoms. The molecule has 0 atom stereocenters. The third-order valence-electron chi connectivity index (χ3n) is 2.69. The Hall–Kier alpha value is -1.54. The lowest BCUT2D eigenvalue weighted by atomic mass is 10.1. The average Bonchev–Trinajstić information content (AvgIpc) is 2.39. The van der Waals surface area contributed by atoms with Gasteiger partial charge in [0.1, 0.15) is 5.75 Å². The van der Waals surface area contributed by atoms with Crippen molar-refractivity contribution in [1.82, 2.24) is 0 Å². The predicted molar refractivity (Wildman–Crippen MR) is 82.9 cm³/mol. The Morgan fingerprint density at radius 2 is 1.73 bits per heavy atom. The zero-order valence-electron chi connectivity index (χ0n) is 10.7. The second-order valence-electron chi connectivity index (χ2n) is 4.34. The van der Waals surface area contributed by atoms with E-state index in [0.29, 0.717) is 4.47 Å². The highest BCUT2D eigenvalue weighted by Crippen LogP contribution is 2.33. The molecule has 0 bridgehead atoms. The van der Waals surface area contributed by atoms with Crippen molar-refractivity contribution in [3.8, 4) is 5.75 Å². The van der Waals surface area contributed by atoms with E-state index in [2.05, 4.69) is 37.2 Å². The number of hydrogen-bond acceptors (Lipinski definition) is 2. The molecule has 0 fully saturated rings. The molecule has 0 heterocycles. The van der Waals surface area contributed by atoms with Crippen LogP contribution in [0.4, 0.5) is 18.9 Å². The number of nitrogens with one attached hydrogen (secondary N) is 1. The van der Waals surface area contributed by atoms with E-state index >= 15 is 0 Å². The normalized spacial score (nSPS) is 11.3. The summed E-state index contributed by atoms with van der Waals surface area (Å²) >= 11 is 6.12. The molecule has 2 N–H and O–H groups in total. The summed E-state index contributed by atoms with van der Waals surface area (Å²) < 4.78 is 39.0. The van der Waals surface area contributed by atoms with E-state index in [9.17, 15) is 23.1 Å². The SMILES string of the molecule is O=C(Nc1cc(Br)cc(C(F)(F)F)c1)c1cc(Br)ccc1O. The monoisotopic (exact) mass is 437 g/mol. The van der Waals surface area contributed by atoms with Gasteiger partial charge in [0, 0.05) is 14.6 Å². The summed E-state index contributed by atoms with van der Waals surface area (Å²) in [5, 5.41) is 12.0. The third-order valence-corrected chi connectivity index (χ3v) is 3.64.